The van der Waals surface area contributed by atoms with Gasteiger partial charge in [-0.1, -0.05) is 30.3 Å². The van der Waals surface area contributed by atoms with Gasteiger partial charge in [0.25, 0.3) is 0 Å². The molecule has 0 saturated heterocycles. The lowest BCUT2D eigenvalue weighted by molar-refractivity contribution is -0.144. The third-order valence-electron chi connectivity index (χ3n) is 3.10. The number of esters is 1. The molecular weight excluding hydrogens is 254 g/mol. The van der Waals surface area contributed by atoms with Gasteiger partial charge in [0.15, 0.2) is 0 Å². The minimum atomic E-state index is -0.248. The van der Waals surface area contributed by atoms with Crippen molar-refractivity contribution in [2.45, 2.75) is 33.1 Å². The molecule has 4 nitrogen and oxygen atoms in total. The average molecular weight is 277 g/mol. The smallest absolute Gasteiger partial charge is 0.307 e. The summed E-state index contributed by atoms with van der Waals surface area (Å²) in [5.41, 5.74) is 1.15. The first kappa shape index (κ1) is 16.2. The zero-order valence-electron chi connectivity index (χ0n) is 12.3. The fraction of sp³-hybridized carbons (Fsp3) is 0.500. The summed E-state index contributed by atoms with van der Waals surface area (Å²) in [6.07, 6.45) is 1.47. The maximum absolute atomic E-state index is 12.1. The minimum absolute atomic E-state index is 0.0839. The second-order valence-electron chi connectivity index (χ2n) is 4.51. The van der Waals surface area contributed by atoms with Crippen LogP contribution in [0.15, 0.2) is 30.3 Å². The molecule has 110 valence electrons. The summed E-state index contributed by atoms with van der Waals surface area (Å²) in [5.74, 6) is -0.164. The zero-order chi connectivity index (χ0) is 14.8. The highest BCUT2D eigenvalue weighted by Crippen LogP contribution is 2.05. The molecule has 0 aliphatic carbocycles. The van der Waals surface area contributed by atoms with E-state index in [-0.39, 0.29) is 18.3 Å². The molecule has 0 atom stereocenters. The van der Waals surface area contributed by atoms with Crippen LogP contribution in [0.3, 0.4) is 0 Å². The fourth-order valence-corrected chi connectivity index (χ4v) is 1.97. The van der Waals surface area contributed by atoms with Gasteiger partial charge in [0.05, 0.1) is 13.0 Å². The van der Waals surface area contributed by atoms with E-state index < -0.39 is 0 Å². The quantitative estimate of drug-likeness (QED) is 0.686. The molecule has 0 aromatic heterocycles. The molecule has 4 heteroatoms. The highest BCUT2D eigenvalue weighted by Gasteiger charge is 2.13. The summed E-state index contributed by atoms with van der Waals surface area (Å²) >= 11 is 0. The van der Waals surface area contributed by atoms with Crippen LogP contribution in [0.5, 0.6) is 0 Å². The Morgan fingerprint density at radius 1 is 1.10 bits per heavy atom. The monoisotopic (exact) mass is 277 g/mol. The van der Waals surface area contributed by atoms with Crippen molar-refractivity contribution in [3.05, 3.63) is 35.9 Å². The molecule has 0 saturated carbocycles. The lowest BCUT2D eigenvalue weighted by atomic mass is 10.1. The van der Waals surface area contributed by atoms with E-state index >= 15 is 0 Å². The van der Waals surface area contributed by atoms with Gasteiger partial charge >= 0.3 is 5.97 Å². The number of aryl methyl sites for hydroxylation is 1. The van der Waals surface area contributed by atoms with Gasteiger partial charge in [-0.25, -0.2) is 0 Å². The first-order valence-corrected chi connectivity index (χ1v) is 7.14. The average Bonchev–Trinajstić information content (AvgIpc) is 2.47. The predicted molar refractivity (Wildman–Crippen MR) is 78.3 cm³/mol. The van der Waals surface area contributed by atoms with E-state index in [9.17, 15) is 9.59 Å². The van der Waals surface area contributed by atoms with Crippen molar-refractivity contribution < 1.29 is 14.3 Å². The Balaban J connectivity index is 2.37. The summed E-state index contributed by atoms with van der Waals surface area (Å²) in [5, 5.41) is 0. The van der Waals surface area contributed by atoms with Crippen LogP contribution in [0.1, 0.15) is 32.3 Å². The second kappa shape index (κ2) is 9.13. The van der Waals surface area contributed by atoms with Crippen LogP contribution in [0.25, 0.3) is 0 Å². The molecule has 0 bridgehead atoms. The van der Waals surface area contributed by atoms with E-state index in [1.54, 1.807) is 11.8 Å². The van der Waals surface area contributed by atoms with Crippen molar-refractivity contribution in [2.75, 3.05) is 19.7 Å². The summed E-state index contributed by atoms with van der Waals surface area (Å²) in [6.45, 7) is 5.13. The van der Waals surface area contributed by atoms with Gasteiger partial charge in [-0.15, -0.1) is 0 Å². The van der Waals surface area contributed by atoms with Gasteiger partial charge in [0, 0.05) is 19.5 Å². The van der Waals surface area contributed by atoms with Crippen LogP contribution in [0.4, 0.5) is 0 Å². The molecule has 20 heavy (non-hydrogen) atoms. The Morgan fingerprint density at radius 2 is 1.80 bits per heavy atom. The van der Waals surface area contributed by atoms with Crippen LogP contribution < -0.4 is 0 Å². The van der Waals surface area contributed by atoms with Crippen molar-refractivity contribution in [3.8, 4) is 0 Å². The molecule has 1 aromatic rings. The normalized spacial score (nSPS) is 10.1. The molecule has 0 N–H and O–H groups in total. The second-order valence-corrected chi connectivity index (χ2v) is 4.51. The number of hydrogen-bond donors (Lipinski definition) is 0. The lowest BCUT2D eigenvalue weighted by Gasteiger charge is -2.20. The molecule has 0 heterocycles. The molecule has 0 aliphatic rings. The van der Waals surface area contributed by atoms with Crippen molar-refractivity contribution in [1.82, 2.24) is 4.90 Å². The van der Waals surface area contributed by atoms with E-state index in [1.165, 1.54) is 0 Å². The van der Waals surface area contributed by atoms with Gasteiger partial charge in [-0.3, -0.25) is 9.59 Å². The zero-order valence-corrected chi connectivity index (χ0v) is 12.3. The maximum Gasteiger partial charge on any atom is 0.307 e. The number of carbonyl (C=O) groups excluding carboxylic acids is 2. The maximum atomic E-state index is 12.1. The summed E-state index contributed by atoms with van der Waals surface area (Å²) in [4.78, 5) is 25.1. The largest absolute Gasteiger partial charge is 0.466 e. The van der Waals surface area contributed by atoms with Crippen molar-refractivity contribution in [1.29, 1.82) is 0 Å². The highest BCUT2D eigenvalue weighted by molar-refractivity contribution is 5.77. The molecule has 0 aliphatic heterocycles. The van der Waals surface area contributed by atoms with Crippen molar-refractivity contribution in [2.24, 2.45) is 0 Å². The lowest BCUT2D eigenvalue weighted by Crippen LogP contribution is -2.33. The Kier molecular flexibility index (Phi) is 7.40. The molecule has 1 amide bonds. The van der Waals surface area contributed by atoms with Crippen LogP contribution in [-0.2, 0) is 20.7 Å². The molecular formula is C16H23NO3. The molecule has 1 aromatic carbocycles. The van der Waals surface area contributed by atoms with Crippen LogP contribution in [0.2, 0.25) is 0 Å². The van der Waals surface area contributed by atoms with Crippen LogP contribution >= 0.6 is 0 Å². The predicted octanol–water partition coefficient (Wildman–Crippen LogP) is 2.42. The van der Waals surface area contributed by atoms with E-state index in [0.717, 1.165) is 12.0 Å². The Labute approximate surface area is 120 Å². The summed E-state index contributed by atoms with van der Waals surface area (Å²) < 4.78 is 4.87. The number of carbonyl (C=O) groups is 2. The third kappa shape index (κ3) is 5.87. The first-order valence-electron chi connectivity index (χ1n) is 7.14. The van der Waals surface area contributed by atoms with Crippen molar-refractivity contribution >= 4 is 11.9 Å². The van der Waals surface area contributed by atoms with Crippen molar-refractivity contribution in [3.63, 3.8) is 0 Å². The summed E-state index contributed by atoms with van der Waals surface area (Å²) in [7, 11) is 0. The topological polar surface area (TPSA) is 46.6 Å². The van der Waals surface area contributed by atoms with E-state index in [4.69, 9.17) is 4.74 Å². The van der Waals surface area contributed by atoms with Gasteiger partial charge in [0.1, 0.15) is 0 Å². The standard InChI is InChI=1S/C16H23NO3/c1-3-17(13-12-16(19)20-4-2)15(18)11-10-14-8-6-5-7-9-14/h5-9H,3-4,10-13H2,1-2H3. The molecule has 0 fully saturated rings. The number of ether oxygens (including phenoxy) is 1. The Morgan fingerprint density at radius 3 is 2.40 bits per heavy atom. The van der Waals surface area contributed by atoms with Gasteiger partial charge in [-0.05, 0) is 25.8 Å². The number of nitrogens with zero attached hydrogens (tertiary/aromatic N) is 1. The number of hydrogen-bond acceptors (Lipinski definition) is 3. The minimum Gasteiger partial charge on any atom is -0.466 e. The Hall–Kier alpha value is -1.84. The third-order valence-corrected chi connectivity index (χ3v) is 3.10. The first-order chi connectivity index (χ1) is 9.67. The number of benzene rings is 1. The van der Waals surface area contributed by atoms with E-state index in [1.807, 2.05) is 37.3 Å². The van der Waals surface area contributed by atoms with Crippen LogP contribution in [-0.4, -0.2) is 36.5 Å². The molecule has 0 radical (unpaired) electrons. The Bertz CT molecular complexity index is 417. The van der Waals surface area contributed by atoms with Gasteiger partial charge in [-0.2, -0.15) is 0 Å². The van der Waals surface area contributed by atoms with Crippen LogP contribution in [0, 0.1) is 0 Å². The molecule has 0 unspecified atom stereocenters. The van der Waals surface area contributed by atoms with Gasteiger partial charge < -0.3 is 9.64 Å². The molecule has 1 rings (SSSR count). The van der Waals surface area contributed by atoms with E-state index in [0.29, 0.717) is 26.1 Å². The number of rotatable bonds is 8. The van der Waals surface area contributed by atoms with E-state index in [2.05, 4.69) is 0 Å². The van der Waals surface area contributed by atoms with Gasteiger partial charge in [0.2, 0.25) is 5.91 Å². The summed E-state index contributed by atoms with van der Waals surface area (Å²) in [6, 6.07) is 9.93. The fourth-order valence-electron chi connectivity index (χ4n) is 1.97. The molecule has 0 spiro atoms. The number of amides is 1. The highest BCUT2D eigenvalue weighted by atomic mass is 16.5. The SMILES string of the molecule is CCOC(=O)CCN(CC)C(=O)CCc1ccccc1.